The van der Waals surface area contributed by atoms with Crippen molar-refractivity contribution in [3.8, 4) is 0 Å². The summed E-state index contributed by atoms with van der Waals surface area (Å²) in [7, 11) is -3.09. The van der Waals surface area contributed by atoms with Crippen molar-refractivity contribution < 1.29 is 8.42 Å². The Bertz CT molecular complexity index is 561. The van der Waals surface area contributed by atoms with Gasteiger partial charge in [0.1, 0.15) is 0 Å². The molecule has 0 bridgehead atoms. The fourth-order valence-electron chi connectivity index (χ4n) is 3.27. The molecule has 1 N–H and O–H groups in total. The maximum Gasteiger partial charge on any atom is 0.175 e. The van der Waals surface area contributed by atoms with E-state index in [1.54, 1.807) is 12.1 Å². The van der Waals surface area contributed by atoms with Gasteiger partial charge in [0.15, 0.2) is 9.84 Å². The van der Waals surface area contributed by atoms with Crippen LogP contribution in [0.2, 0.25) is 0 Å². The van der Waals surface area contributed by atoms with Gasteiger partial charge in [0.25, 0.3) is 0 Å². The average molecular weight is 295 g/mol. The summed E-state index contributed by atoms with van der Waals surface area (Å²) in [6.45, 7) is 7.76. The van der Waals surface area contributed by atoms with Crippen LogP contribution in [-0.2, 0) is 16.4 Å². The van der Waals surface area contributed by atoms with Crippen LogP contribution in [-0.4, -0.2) is 20.7 Å². The van der Waals surface area contributed by atoms with Crippen molar-refractivity contribution in [2.24, 2.45) is 11.3 Å². The molecule has 1 aliphatic rings. The number of sulfone groups is 1. The van der Waals surface area contributed by atoms with Crippen molar-refractivity contribution in [2.75, 3.05) is 6.26 Å². The summed E-state index contributed by atoms with van der Waals surface area (Å²) in [5.41, 5.74) is 1.56. The van der Waals surface area contributed by atoms with Crippen LogP contribution in [0.1, 0.15) is 39.2 Å². The molecule has 0 heterocycles. The highest BCUT2D eigenvalue weighted by atomic mass is 32.2. The van der Waals surface area contributed by atoms with E-state index < -0.39 is 9.84 Å². The van der Waals surface area contributed by atoms with Gasteiger partial charge in [-0.1, -0.05) is 32.9 Å². The number of hydrogen-bond donors (Lipinski definition) is 1. The first-order valence-electron chi connectivity index (χ1n) is 7.20. The third kappa shape index (κ3) is 3.83. The minimum absolute atomic E-state index is 0.386. The van der Waals surface area contributed by atoms with E-state index in [1.165, 1.54) is 19.1 Å². The number of rotatable bonds is 4. The lowest BCUT2D eigenvalue weighted by atomic mass is 9.91. The molecule has 0 radical (unpaired) electrons. The molecule has 1 fully saturated rings. The van der Waals surface area contributed by atoms with Crippen LogP contribution in [0.25, 0.3) is 0 Å². The van der Waals surface area contributed by atoms with Crippen LogP contribution in [0.4, 0.5) is 0 Å². The van der Waals surface area contributed by atoms with Gasteiger partial charge in [0.2, 0.25) is 0 Å². The lowest BCUT2D eigenvalue weighted by Crippen LogP contribution is -2.31. The third-order valence-electron chi connectivity index (χ3n) is 4.25. The van der Waals surface area contributed by atoms with E-state index in [0.29, 0.717) is 22.3 Å². The molecule has 20 heavy (non-hydrogen) atoms. The van der Waals surface area contributed by atoms with Gasteiger partial charge in [-0.25, -0.2) is 8.42 Å². The topological polar surface area (TPSA) is 46.2 Å². The highest BCUT2D eigenvalue weighted by Crippen LogP contribution is 2.40. The van der Waals surface area contributed by atoms with Crippen molar-refractivity contribution in [2.45, 2.75) is 51.1 Å². The van der Waals surface area contributed by atoms with Crippen LogP contribution in [0.5, 0.6) is 0 Å². The SMILES string of the molecule is CC1CC(C)(C)CC1NCc1ccc(S(C)(=O)=O)cc1. The first-order valence-corrected chi connectivity index (χ1v) is 9.09. The Balaban J connectivity index is 1.95. The standard InChI is InChI=1S/C16H25NO2S/c1-12-9-16(2,3)10-15(12)17-11-13-5-7-14(8-6-13)20(4,18)19/h5-8,12,15,17H,9-11H2,1-4H3. The molecular formula is C16H25NO2S. The van der Waals surface area contributed by atoms with Crippen molar-refractivity contribution in [1.82, 2.24) is 5.32 Å². The Labute approximate surface area is 122 Å². The summed E-state index contributed by atoms with van der Waals surface area (Å²) >= 11 is 0. The summed E-state index contributed by atoms with van der Waals surface area (Å²) < 4.78 is 22.8. The fraction of sp³-hybridized carbons (Fsp3) is 0.625. The van der Waals surface area contributed by atoms with E-state index in [1.807, 2.05) is 12.1 Å². The second-order valence-corrected chi connectivity index (χ2v) is 8.97. The van der Waals surface area contributed by atoms with Crippen molar-refractivity contribution in [1.29, 1.82) is 0 Å². The van der Waals surface area contributed by atoms with Crippen molar-refractivity contribution in [3.05, 3.63) is 29.8 Å². The third-order valence-corrected chi connectivity index (χ3v) is 5.38. The molecule has 112 valence electrons. The summed E-state index contributed by atoms with van der Waals surface area (Å²) in [4.78, 5) is 0.386. The fourth-order valence-corrected chi connectivity index (χ4v) is 3.90. The molecular weight excluding hydrogens is 270 g/mol. The van der Waals surface area contributed by atoms with Gasteiger partial charge in [-0.05, 0) is 41.9 Å². The predicted molar refractivity (Wildman–Crippen MR) is 82.4 cm³/mol. The van der Waals surface area contributed by atoms with E-state index in [9.17, 15) is 8.42 Å². The Morgan fingerprint density at radius 2 is 1.80 bits per heavy atom. The average Bonchev–Trinajstić information content (AvgIpc) is 2.59. The molecule has 2 atom stereocenters. The van der Waals surface area contributed by atoms with Gasteiger partial charge in [-0.15, -0.1) is 0 Å². The maximum atomic E-state index is 11.4. The Kier molecular flexibility index (Phi) is 4.26. The minimum Gasteiger partial charge on any atom is -0.310 e. The van der Waals surface area contributed by atoms with Crippen LogP contribution >= 0.6 is 0 Å². The maximum absolute atomic E-state index is 11.4. The molecule has 1 aromatic rings. The van der Waals surface area contributed by atoms with Crippen LogP contribution < -0.4 is 5.32 Å². The summed E-state index contributed by atoms with van der Waals surface area (Å²) in [5, 5.41) is 3.61. The lowest BCUT2D eigenvalue weighted by molar-refractivity contribution is 0.362. The van der Waals surface area contributed by atoms with Crippen molar-refractivity contribution in [3.63, 3.8) is 0 Å². The second kappa shape index (κ2) is 5.49. The smallest absolute Gasteiger partial charge is 0.175 e. The minimum atomic E-state index is -3.09. The zero-order valence-electron chi connectivity index (χ0n) is 12.8. The van der Waals surface area contributed by atoms with Crippen LogP contribution in [0.3, 0.4) is 0 Å². The Hall–Kier alpha value is -0.870. The molecule has 4 heteroatoms. The normalized spacial score (nSPS) is 25.8. The first-order chi connectivity index (χ1) is 9.17. The quantitative estimate of drug-likeness (QED) is 0.929. The first kappa shape index (κ1) is 15.5. The highest BCUT2D eigenvalue weighted by Gasteiger charge is 2.36. The highest BCUT2D eigenvalue weighted by molar-refractivity contribution is 7.90. The van der Waals surface area contributed by atoms with Gasteiger partial charge in [-0.3, -0.25) is 0 Å². The van der Waals surface area contributed by atoms with E-state index in [2.05, 4.69) is 26.1 Å². The Morgan fingerprint density at radius 3 is 2.25 bits per heavy atom. The molecule has 0 aromatic heterocycles. The van der Waals surface area contributed by atoms with Gasteiger partial charge in [0, 0.05) is 18.8 Å². The monoisotopic (exact) mass is 295 g/mol. The van der Waals surface area contributed by atoms with Gasteiger partial charge in [0.05, 0.1) is 4.90 Å². The molecule has 0 aliphatic heterocycles. The van der Waals surface area contributed by atoms with Crippen LogP contribution in [0.15, 0.2) is 29.2 Å². The zero-order chi connectivity index (χ0) is 15.0. The molecule has 3 nitrogen and oxygen atoms in total. The van der Waals surface area contributed by atoms with E-state index in [0.717, 1.165) is 12.1 Å². The number of benzene rings is 1. The Morgan fingerprint density at radius 1 is 1.20 bits per heavy atom. The van der Waals surface area contributed by atoms with Gasteiger partial charge in [-0.2, -0.15) is 0 Å². The molecule has 1 aromatic carbocycles. The predicted octanol–water partition coefficient (Wildman–Crippen LogP) is 3.00. The van der Waals surface area contributed by atoms with Crippen molar-refractivity contribution >= 4 is 9.84 Å². The van der Waals surface area contributed by atoms with E-state index in [-0.39, 0.29) is 0 Å². The zero-order valence-corrected chi connectivity index (χ0v) is 13.6. The molecule has 0 spiro atoms. The largest absolute Gasteiger partial charge is 0.310 e. The molecule has 2 rings (SSSR count). The molecule has 1 aliphatic carbocycles. The number of hydrogen-bond acceptors (Lipinski definition) is 3. The van der Waals surface area contributed by atoms with E-state index >= 15 is 0 Å². The second-order valence-electron chi connectivity index (χ2n) is 6.95. The molecule has 0 amide bonds. The summed E-state index contributed by atoms with van der Waals surface area (Å²) in [6.07, 6.45) is 3.70. The van der Waals surface area contributed by atoms with Crippen LogP contribution in [0, 0.1) is 11.3 Å². The summed E-state index contributed by atoms with van der Waals surface area (Å²) in [6, 6.07) is 7.73. The molecule has 2 unspecified atom stereocenters. The molecule has 0 saturated heterocycles. The summed E-state index contributed by atoms with van der Waals surface area (Å²) in [5.74, 6) is 0.695. The van der Waals surface area contributed by atoms with Gasteiger partial charge >= 0.3 is 0 Å². The lowest BCUT2D eigenvalue weighted by Gasteiger charge is -2.18. The number of nitrogens with one attached hydrogen (secondary N) is 1. The molecule has 1 saturated carbocycles. The van der Waals surface area contributed by atoms with E-state index in [4.69, 9.17) is 0 Å². The van der Waals surface area contributed by atoms with Gasteiger partial charge < -0.3 is 5.32 Å².